The first kappa shape index (κ1) is 16.4. The maximum atomic E-state index is 6.25. The molecule has 2 aromatic carbocycles. The number of hydrogen-bond acceptors (Lipinski definition) is 1. The summed E-state index contributed by atoms with van der Waals surface area (Å²) in [4.78, 5) is 0. The lowest BCUT2D eigenvalue weighted by molar-refractivity contribution is 0.520. The van der Waals surface area contributed by atoms with Crippen molar-refractivity contribution in [3.63, 3.8) is 0 Å². The molecule has 0 spiro atoms. The number of likely N-dealkylation sites (N-methyl/N-ethyl adjacent to an activating group) is 1. The topological polar surface area (TPSA) is 12.0 Å². The molecule has 21 heavy (non-hydrogen) atoms. The van der Waals surface area contributed by atoms with Crippen LogP contribution in [0.5, 0.6) is 0 Å². The summed E-state index contributed by atoms with van der Waals surface area (Å²) in [6.45, 7) is 2.16. The van der Waals surface area contributed by atoms with Gasteiger partial charge in [0, 0.05) is 16.1 Å². The number of halogens is 2. The molecule has 0 heterocycles. The molecule has 1 unspecified atom stereocenters. The van der Waals surface area contributed by atoms with Crippen LogP contribution < -0.4 is 5.32 Å². The molecule has 0 aromatic heterocycles. The van der Waals surface area contributed by atoms with Gasteiger partial charge in [-0.2, -0.15) is 0 Å². The van der Waals surface area contributed by atoms with Crippen LogP contribution in [0.15, 0.2) is 42.5 Å². The molecule has 0 saturated heterocycles. The molecule has 2 rings (SSSR count). The summed E-state index contributed by atoms with van der Waals surface area (Å²) in [7, 11) is 2.00. The van der Waals surface area contributed by atoms with E-state index in [4.69, 9.17) is 23.2 Å². The van der Waals surface area contributed by atoms with Crippen LogP contribution >= 0.6 is 23.2 Å². The van der Waals surface area contributed by atoms with Crippen molar-refractivity contribution in [3.05, 3.63) is 69.2 Å². The molecule has 0 aliphatic rings. The average Bonchev–Trinajstić information content (AvgIpc) is 2.48. The van der Waals surface area contributed by atoms with Gasteiger partial charge in [-0.05, 0) is 68.1 Å². The van der Waals surface area contributed by atoms with Crippen molar-refractivity contribution in [3.8, 4) is 0 Å². The van der Waals surface area contributed by atoms with Crippen LogP contribution in [0.4, 0.5) is 0 Å². The van der Waals surface area contributed by atoms with E-state index < -0.39 is 0 Å². The molecule has 1 N–H and O–H groups in total. The SMILES string of the molecule is CNC(CCc1ccccc1C)Cc1cc(Cl)ccc1Cl. The van der Waals surface area contributed by atoms with Gasteiger partial charge in [-0.1, -0.05) is 47.5 Å². The van der Waals surface area contributed by atoms with Crippen molar-refractivity contribution in [1.82, 2.24) is 5.32 Å². The van der Waals surface area contributed by atoms with E-state index >= 15 is 0 Å². The average molecular weight is 322 g/mol. The molecular formula is C18H21Cl2N. The van der Waals surface area contributed by atoms with Crippen molar-refractivity contribution in [2.24, 2.45) is 0 Å². The molecule has 0 fully saturated rings. The molecule has 1 nitrogen and oxygen atoms in total. The molecule has 2 aromatic rings. The van der Waals surface area contributed by atoms with Crippen LogP contribution in [-0.2, 0) is 12.8 Å². The highest BCUT2D eigenvalue weighted by Gasteiger charge is 2.11. The zero-order chi connectivity index (χ0) is 15.2. The van der Waals surface area contributed by atoms with E-state index in [0.717, 1.165) is 34.9 Å². The second kappa shape index (κ2) is 7.84. The normalized spacial score (nSPS) is 12.4. The largest absolute Gasteiger partial charge is 0.317 e. The fraction of sp³-hybridized carbons (Fsp3) is 0.333. The van der Waals surface area contributed by atoms with Gasteiger partial charge in [0.2, 0.25) is 0 Å². The summed E-state index contributed by atoms with van der Waals surface area (Å²) >= 11 is 12.3. The number of rotatable bonds is 6. The Morgan fingerprint density at radius 3 is 2.52 bits per heavy atom. The highest BCUT2D eigenvalue weighted by molar-refractivity contribution is 6.33. The van der Waals surface area contributed by atoms with Crippen LogP contribution in [0.1, 0.15) is 23.1 Å². The molecule has 0 radical (unpaired) electrons. The Morgan fingerprint density at radius 1 is 1.05 bits per heavy atom. The Kier molecular flexibility index (Phi) is 6.10. The fourth-order valence-electron chi connectivity index (χ4n) is 2.53. The zero-order valence-corrected chi connectivity index (χ0v) is 14.0. The van der Waals surface area contributed by atoms with E-state index in [1.165, 1.54) is 11.1 Å². The number of aryl methyl sites for hydroxylation is 2. The highest BCUT2D eigenvalue weighted by atomic mass is 35.5. The van der Waals surface area contributed by atoms with Gasteiger partial charge in [0.15, 0.2) is 0 Å². The minimum absolute atomic E-state index is 0.389. The minimum atomic E-state index is 0.389. The highest BCUT2D eigenvalue weighted by Crippen LogP contribution is 2.23. The van der Waals surface area contributed by atoms with Gasteiger partial charge in [-0.15, -0.1) is 0 Å². The van der Waals surface area contributed by atoms with Crippen molar-refractivity contribution >= 4 is 23.2 Å². The van der Waals surface area contributed by atoms with E-state index in [9.17, 15) is 0 Å². The Bertz CT molecular complexity index is 596. The van der Waals surface area contributed by atoms with Gasteiger partial charge in [0.25, 0.3) is 0 Å². The van der Waals surface area contributed by atoms with Crippen molar-refractivity contribution in [2.45, 2.75) is 32.2 Å². The lowest BCUT2D eigenvalue weighted by Crippen LogP contribution is -2.28. The summed E-state index contributed by atoms with van der Waals surface area (Å²) in [5.74, 6) is 0. The molecule has 0 amide bonds. The molecule has 0 saturated carbocycles. The standard InChI is InChI=1S/C18H21Cl2N/c1-13-5-3-4-6-14(13)7-9-17(21-2)12-15-11-16(19)8-10-18(15)20/h3-6,8,10-11,17,21H,7,9,12H2,1-2H3. The van der Waals surface area contributed by atoms with Crippen LogP contribution in [0.3, 0.4) is 0 Å². The third-order valence-electron chi connectivity index (χ3n) is 3.91. The Labute approximate surface area is 137 Å². The predicted octanol–water partition coefficient (Wildman–Crippen LogP) is 5.07. The van der Waals surface area contributed by atoms with Gasteiger partial charge in [-0.25, -0.2) is 0 Å². The maximum Gasteiger partial charge on any atom is 0.0439 e. The third kappa shape index (κ3) is 4.74. The minimum Gasteiger partial charge on any atom is -0.317 e. The second-order valence-electron chi connectivity index (χ2n) is 5.39. The molecule has 0 aliphatic carbocycles. The molecular weight excluding hydrogens is 301 g/mol. The lowest BCUT2D eigenvalue weighted by atomic mass is 9.97. The smallest absolute Gasteiger partial charge is 0.0439 e. The lowest BCUT2D eigenvalue weighted by Gasteiger charge is -2.18. The van der Waals surface area contributed by atoms with Gasteiger partial charge in [0.05, 0.1) is 0 Å². The van der Waals surface area contributed by atoms with Crippen molar-refractivity contribution in [2.75, 3.05) is 7.05 Å². The van der Waals surface area contributed by atoms with Gasteiger partial charge in [0.1, 0.15) is 0 Å². The van der Waals surface area contributed by atoms with Gasteiger partial charge >= 0.3 is 0 Å². The summed E-state index contributed by atoms with van der Waals surface area (Å²) < 4.78 is 0. The number of nitrogens with one attached hydrogen (secondary N) is 1. The van der Waals surface area contributed by atoms with E-state index in [1.54, 1.807) is 0 Å². The van der Waals surface area contributed by atoms with Crippen molar-refractivity contribution in [1.29, 1.82) is 0 Å². The van der Waals surface area contributed by atoms with E-state index in [-0.39, 0.29) is 0 Å². The summed E-state index contributed by atoms with van der Waals surface area (Å²) in [5.41, 5.74) is 3.87. The van der Waals surface area contributed by atoms with Crippen LogP contribution in [-0.4, -0.2) is 13.1 Å². The second-order valence-corrected chi connectivity index (χ2v) is 6.23. The molecule has 0 aliphatic heterocycles. The summed E-state index contributed by atoms with van der Waals surface area (Å²) in [6, 6.07) is 14.6. The Morgan fingerprint density at radius 2 is 1.81 bits per heavy atom. The van der Waals surface area contributed by atoms with E-state index in [1.807, 2.05) is 25.2 Å². The van der Waals surface area contributed by atoms with E-state index in [0.29, 0.717) is 6.04 Å². The predicted molar refractivity (Wildman–Crippen MR) is 92.5 cm³/mol. The van der Waals surface area contributed by atoms with Gasteiger partial charge < -0.3 is 5.32 Å². The maximum absolute atomic E-state index is 6.25. The molecule has 3 heteroatoms. The first-order chi connectivity index (χ1) is 10.1. The molecule has 112 valence electrons. The molecule has 0 bridgehead atoms. The van der Waals surface area contributed by atoms with Crippen LogP contribution in [0.25, 0.3) is 0 Å². The Hall–Kier alpha value is -1.02. The van der Waals surface area contributed by atoms with E-state index in [2.05, 4.69) is 36.5 Å². The number of hydrogen-bond donors (Lipinski definition) is 1. The zero-order valence-electron chi connectivity index (χ0n) is 12.5. The number of benzene rings is 2. The molecule has 1 atom stereocenters. The fourth-order valence-corrected chi connectivity index (χ4v) is 2.92. The third-order valence-corrected chi connectivity index (χ3v) is 4.51. The van der Waals surface area contributed by atoms with Crippen molar-refractivity contribution < 1.29 is 0 Å². The van der Waals surface area contributed by atoms with Crippen LogP contribution in [0.2, 0.25) is 10.0 Å². The quantitative estimate of drug-likeness (QED) is 0.783. The summed E-state index contributed by atoms with van der Waals surface area (Å²) in [5, 5.41) is 4.91. The first-order valence-corrected chi connectivity index (χ1v) is 8.01. The first-order valence-electron chi connectivity index (χ1n) is 7.26. The summed E-state index contributed by atoms with van der Waals surface area (Å²) in [6.07, 6.45) is 3.03. The van der Waals surface area contributed by atoms with Gasteiger partial charge in [-0.3, -0.25) is 0 Å². The Balaban J connectivity index is 2.00. The van der Waals surface area contributed by atoms with Crippen LogP contribution in [0, 0.1) is 6.92 Å². The monoisotopic (exact) mass is 321 g/mol.